The number of carbonyl (C=O) groups excluding carboxylic acids is 1. The minimum atomic E-state index is -3.81. The summed E-state index contributed by atoms with van der Waals surface area (Å²) in [7, 11) is -2.29. The number of para-hydroxylation sites is 1. The molecule has 4 aromatic rings. The van der Waals surface area contributed by atoms with Crippen LogP contribution in [0.5, 0.6) is 5.75 Å². The van der Waals surface area contributed by atoms with Gasteiger partial charge in [0.05, 0.1) is 17.7 Å². The smallest absolute Gasteiger partial charge is 0.244 e. The molecule has 0 spiro atoms. The number of hydrogen-bond donors (Lipinski definition) is 2. The number of amides is 1. The number of thiazole rings is 1. The van der Waals surface area contributed by atoms with Crippen LogP contribution in [0, 0.1) is 0 Å². The van der Waals surface area contributed by atoms with Crippen LogP contribution >= 0.6 is 11.3 Å². The van der Waals surface area contributed by atoms with Crippen molar-refractivity contribution in [1.29, 1.82) is 0 Å². The van der Waals surface area contributed by atoms with E-state index in [1.54, 1.807) is 12.1 Å². The van der Waals surface area contributed by atoms with Crippen LogP contribution in [0.4, 0.5) is 5.13 Å². The standard InChI is InChI=1S/C23H22N4O4S2/c1-31-15-8-10-16(11-9-15)33(29,30)27-12-4-7-21(27)22(28)26-23-25-20(14-32-23)18-13-24-19-6-3-2-5-17(18)19/h2-3,5-6,8-11,13-14,21,24H,4,7,12H2,1H3,(H,25,26,28). The minimum absolute atomic E-state index is 0.138. The van der Waals surface area contributed by atoms with Gasteiger partial charge in [0, 0.05) is 34.6 Å². The van der Waals surface area contributed by atoms with Gasteiger partial charge < -0.3 is 15.0 Å². The Hall–Kier alpha value is -3.21. The molecule has 1 atom stereocenters. The van der Waals surface area contributed by atoms with Crippen molar-refractivity contribution in [2.24, 2.45) is 0 Å². The van der Waals surface area contributed by atoms with E-state index in [0.29, 0.717) is 30.3 Å². The molecule has 0 saturated carbocycles. The molecular weight excluding hydrogens is 460 g/mol. The number of ether oxygens (including phenoxy) is 1. The van der Waals surface area contributed by atoms with Crippen LogP contribution in [-0.2, 0) is 14.8 Å². The Kier molecular flexibility index (Phi) is 5.65. The number of sulfonamides is 1. The zero-order valence-electron chi connectivity index (χ0n) is 17.8. The van der Waals surface area contributed by atoms with E-state index in [4.69, 9.17) is 4.74 Å². The Bertz CT molecular complexity index is 1410. The minimum Gasteiger partial charge on any atom is -0.497 e. The van der Waals surface area contributed by atoms with Gasteiger partial charge in [-0.05, 0) is 43.2 Å². The monoisotopic (exact) mass is 482 g/mol. The lowest BCUT2D eigenvalue weighted by molar-refractivity contribution is -0.119. The highest BCUT2D eigenvalue weighted by Crippen LogP contribution is 2.32. The molecule has 1 unspecified atom stereocenters. The van der Waals surface area contributed by atoms with E-state index in [0.717, 1.165) is 22.2 Å². The zero-order valence-corrected chi connectivity index (χ0v) is 19.4. The van der Waals surface area contributed by atoms with Gasteiger partial charge in [-0.1, -0.05) is 18.2 Å². The number of rotatable bonds is 6. The number of anilines is 1. The first-order valence-electron chi connectivity index (χ1n) is 10.5. The molecule has 1 saturated heterocycles. The van der Waals surface area contributed by atoms with Gasteiger partial charge in [0.15, 0.2) is 5.13 Å². The van der Waals surface area contributed by atoms with Gasteiger partial charge in [0.1, 0.15) is 11.8 Å². The van der Waals surface area contributed by atoms with Crippen molar-refractivity contribution in [1.82, 2.24) is 14.3 Å². The van der Waals surface area contributed by atoms with E-state index < -0.39 is 16.1 Å². The molecule has 2 aromatic heterocycles. The third kappa shape index (κ3) is 4.01. The molecule has 33 heavy (non-hydrogen) atoms. The molecular formula is C23H22N4O4S2. The number of methoxy groups -OCH3 is 1. The number of aromatic nitrogens is 2. The number of hydrogen-bond acceptors (Lipinski definition) is 6. The van der Waals surface area contributed by atoms with Crippen molar-refractivity contribution in [2.45, 2.75) is 23.8 Å². The quantitative estimate of drug-likeness (QED) is 0.431. The number of H-pyrrole nitrogens is 1. The molecule has 8 nitrogen and oxygen atoms in total. The average molecular weight is 483 g/mol. The lowest BCUT2D eigenvalue weighted by Gasteiger charge is -2.23. The Morgan fingerprint density at radius 2 is 2.00 bits per heavy atom. The summed E-state index contributed by atoms with van der Waals surface area (Å²) >= 11 is 1.31. The fraction of sp³-hybridized carbons (Fsp3) is 0.217. The highest BCUT2D eigenvalue weighted by atomic mass is 32.2. The molecule has 1 aliphatic rings. The number of carbonyl (C=O) groups is 1. The van der Waals surface area contributed by atoms with Crippen LogP contribution in [0.25, 0.3) is 22.2 Å². The summed E-state index contributed by atoms with van der Waals surface area (Å²) < 4.78 is 32.7. The van der Waals surface area contributed by atoms with E-state index in [2.05, 4.69) is 15.3 Å². The van der Waals surface area contributed by atoms with Crippen molar-refractivity contribution in [3.63, 3.8) is 0 Å². The summed E-state index contributed by atoms with van der Waals surface area (Å²) in [6, 6.07) is 13.3. The van der Waals surface area contributed by atoms with Gasteiger partial charge in [-0.2, -0.15) is 4.31 Å². The second-order valence-corrected chi connectivity index (χ2v) is 10.5. The van der Waals surface area contributed by atoms with Gasteiger partial charge in [-0.3, -0.25) is 4.79 Å². The molecule has 0 aliphatic carbocycles. The number of nitrogens with zero attached hydrogens (tertiary/aromatic N) is 2. The highest BCUT2D eigenvalue weighted by Gasteiger charge is 2.39. The van der Waals surface area contributed by atoms with E-state index >= 15 is 0 Å². The van der Waals surface area contributed by atoms with Gasteiger partial charge >= 0.3 is 0 Å². The van der Waals surface area contributed by atoms with Crippen LogP contribution in [0.15, 0.2) is 65.0 Å². The van der Waals surface area contributed by atoms with Crippen molar-refractivity contribution < 1.29 is 17.9 Å². The maximum Gasteiger partial charge on any atom is 0.244 e. The van der Waals surface area contributed by atoms with Crippen molar-refractivity contribution in [2.75, 3.05) is 19.0 Å². The molecule has 2 aromatic carbocycles. The van der Waals surface area contributed by atoms with Gasteiger partial charge in [-0.25, -0.2) is 13.4 Å². The fourth-order valence-electron chi connectivity index (χ4n) is 4.10. The van der Waals surface area contributed by atoms with Crippen LogP contribution in [0.2, 0.25) is 0 Å². The normalized spacial score (nSPS) is 16.8. The Balaban J connectivity index is 1.34. The summed E-state index contributed by atoms with van der Waals surface area (Å²) in [5, 5.41) is 6.19. The van der Waals surface area contributed by atoms with E-state index in [1.807, 2.05) is 35.8 Å². The molecule has 10 heteroatoms. The Morgan fingerprint density at radius 3 is 2.79 bits per heavy atom. The van der Waals surface area contributed by atoms with E-state index in [9.17, 15) is 13.2 Å². The van der Waals surface area contributed by atoms with E-state index in [-0.39, 0.29) is 10.8 Å². The lowest BCUT2D eigenvalue weighted by atomic mass is 10.1. The van der Waals surface area contributed by atoms with Crippen molar-refractivity contribution in [3.8, 4) is 17.0 Å². The highest BCUT2D eigenvalue weighted by molar-refractivity contribution is 7.89. The Labute approximate surface area is 195 Å². The first kappa shape index (κ1) is 21.6. The first-order chi connectivity index (χ1) is 16.0. The van der Waals surface area contributed by atoms with Crippen LogP contribution in [0.1, 0.15) is 12.8 Å². The van der Waals surface area contributed by atoms with E-state index in [1.165, 1.54) is 34.9 Å². The third-order valence-electron chi connectivity index (χ3n) is 5.77. The molecule has 0 bridgehead atoms. The van der Waals surface area contributed by atoms with Crippen LogP contribution in [-0.4, -0.2) is 48.3 Å². The first-order valence-corrected chi connectivity index (χ1v) is 12.8. The zero-order chi connectivity index (χ0) is 23.0. The molecule has 1 aliphatic heterocycles. The van der Waals surface area contributed by atoms with Crippen LogP contribution in [0.3, 0.4) is 0 Å². The maximum absolute atomic E-state index is 13.2. The fourth-order valence-corrected chi connectivity index (χ4v) is 6.47. The number of aromatic amines is 1. The van der Waals surface area contributed by atoms with Crippen molar-refractivity contribution in [3.05, 3.63) is 60.1 Å². The summed E-state index contributed by atoms with van der Waals surface area (Å²) in [6.07, 6.45) is 2.97. The second-order valence-electron chi connectivity index (χ2n) is 7.72. The largest absolute Gasteiger partial charge is 0.497 e. The lowest BCUT2D eigenvalue weighted by Crippen LogP contribution is -2.43. The topological polar surface area (TPSA) is 104 Å². The SMILES string of the molecule is COc1ccc(S(=O)(=O)N2CCCC2C(=O)Nc2nc(-c3c[nH]c4ccccc34)cs2)cc1. The molecule has 2 N–H and O–H groups in total. The summed E-state index contributed by atoms with van der Waals surface area (Å²) in [6.45, 7) is 0.297. The van der Waals surface area contributed by atoms with Gasteiger partial charge in [-0.15, -0.1) is 11.3 Å². The predicted octanol–water partition coefficient (Wildman–Crippen LogP) is 4.09. The summed E-state index contributed by atoms with van der Waals surface area (Å²) in [5.41, 5.74) is 2.71. The predicted molar refractivity (Wildman–Crippen MR) is 128 cm³/mol. The van der Waals surface area contributed by atoms with Crippen molar-refractivity contribution >= 4 is 43.3 Å². The number of nitrogens with one attached hydrogen (secondary N) is 2. The molecule has 170 valence electrons. The van der Waals surface area contributed by atoms with Gasteiger partial charge in [0.25, 0.3) is 0 Å². The molecule has 1 amide bonds. The second kappa shape index (κ2) is 8.62. The summed E-state index contributed by atoms with van der Waals surface area (Å²) in [5.74, 6) is 0.198. The molecule has 5 rings (SSSR count). The molecule has 0 radical (unpaired) electrons. The van der Waals surface area contributed by atoms with Crippen LogP contribution < -0.4 is 10.1 Å². The number of fused-ring (bicyclic) bond motifs is 1. The third-order valence-corrected chi connectivity index (χ3v) is 8.45. The maximum atomic E-state index is 13.2. The number of benzene rings is 2. The Morgan fingerprint density at radius 1 is 1.21 bits per heavy atom. The average Bonchev–Trinajstić information content (AvgIpc) is 3.58. The summed E-state index contributed by atoms with van der Waals surface area (Å²) in [4.78, 5) is 21.0. The molecule has 1 fully saturated rings. The molecule has 3 heterocycles. The van der Waals surface area contributed by atoms with Gasteiger partial charge in [0.2, 0.25) is 15.9 Å².